The number of guanidine groups is 1. The van der Waals surface area contributed by atoms with Gasteiger partial charge >= 0.3 is 0 Å². The maximum Gasteiger partial charge on any atom is 0.191 e. The largest absolute Gasteiger partial charge is 0.356 e. The predicted octanol–water partition coefficient (Wildman–Crippen LogP) is 1.18. The van der Waals surface area contributed by atoms with Crippen molar-refractivity contribution in [1.82, 2.24) is 15.6 Å². The third-order valence-electron chi connectivity index (χ3n) is 2.30. The zero-order chi connectivity index (χ0) is 10.3. The summed E-state index contributed by atoms with van der Waals surface area (Å²) in [6, 6.07) is 5.99. The van der Waals surface area contributed by atoms with Crippen molar-refractivity contribution in [1.29, 1.82) is 0 Å². The molecule has 0 spiro atoms. The number of hydrogen-bond acceptors (Lipinski definition) is 4. The molecule has 0 unspecified atom stereocenters. The van der Waals surface area contributed by atoms with E-state index in [-0.39, 0.29) is 24.0 Å². The number of halogens is 1. The molecule has 0 bridgehead atoms. The zero-order valence-corrected chi connectivity index (χ0v) is 11.5. The lowest BCUT2D eigenvalue weighted by atomic mass is 10.3. The van der Waals surface area contributed by atoms with Crippen molar-refractivity contribution in [3.05, 3.63) is 30.1 Å². The van der Waals surface area contributed by atoms with Crippen molar-refractivity contribution in [3.8, 4) is 0 Å². The van der Waals surface area contributed by atoms with Gasteiger partial charge in [0, 0.05) is 37.9 Å². The van der Waals surface area contributed by atoms with Crippen LogP contribution in [0, 0.1) is 0 Å². The van der Waals surface area contributed by atoms with Crippen molar-refractivity contribution in [3.63, 3.8) is 0 Å². The lowest BCUT2D eigenvalue weighted by molar-refractivity contribution is 0.698. The van der Waals surface area contributed by atoms with E-state index in [2.05, 4.69) is 20.6 Å². The molecule has 5 heteroatoms. The molecule has 88 valence electrons. The summed E-state index contributed by atoms with van der Waals surface area (Å²) in [5.41, 5.74) is 1.11. The highest BCUT2D eigenvalue weighted by Gasteiger charge is 2.02. The number of hydrogen-bond donors (Lipinski definition) is 2. The summed E-state index contributed by atoms with van der Waals surface area (Å²) in [5.74, 6) is 0.928. The lowest BCUT2D eigenvalue weighted by Crippen LogP contribution is -2.41. The van der Waals surface area contributed by atoms with Gasteiger partial charge in [-0.15, -0.1) is 24.0 Å². The van der Waals surface area contributed by atoms with Gasteiger partial charge in [-0.25, -0.2) is 0 Å². The zero-order valence-electron chi connectivity index (χ0n) is 9.15. The second-order valence-electron chi connectivity index (χ2n) is 3.51. The molecule has 4 nitrogen and oxygen atoms in total. The smallest absolute Gasteiger partial charge is 0.191 e. The third-order valence-corrected chi connectivity index (χ3v) is 2.30. The molecular weight excluding hydrogens is 315 g/mol. The maximum absolute atomic E-state index is 4.33. The molecule has 0 aromatic carbocycles. The Hall–Kier alpha value is -0.850. The van der Waals surface area contributed by atoms with Gasteiger partial charge in [0.2, 0.25) is 0 Å². The Bertz CT molecular complexity index is 326. The van der Waals surface area contributed by atoms with Crippen molar-refractivity contribution in [2.75, 3.05) is 19.6 Å². The number of pyridine rings is 1. The molecule has 1 aliphatic rings. The quantitative estimate of drug-likeness (QED) is 0.818. The van der Waals surface area contributed by atoms with Crippen LogP contribution in [0.2, 0.25) is 0 Å². The molecule has 0 atom stereocenters. The highest BCUT2D eigenvalue weighted by molar-refractivity contribution is 14.0. The molecule has 1 aromatic rings. The van der Waals surface area contributed by atoms with Gasteiger partial charge < -0.3 is 10.6 Å². The third kappa shape index (κ3) is 4.34. The van der Waals surface area contributed by atoms with Crippen LogP contribution in [0.5, 0.6) is 0 Å². The van der Waals surface area contributed by atoms with Gasteiger partial charge in [-0.1, -0.05) is 6.07 Å². The van der Waals surface area contributed by atoms with Crippen LogP contribution in [-0.4, -0.2) is 30.6 Å². The van der Waals surface area contributed by atoms with E-state index in [4.69, 9.17) is 0 Å². The number of nitrogens with one attached hydrogen (secondary N) is 2. The van der Waals surface area contributed by atoms with Crippen LogP contribution in [0.25, 0.3) is 0 Å². The van der Waals surface area contributed by atoms with E-state index in [1.807, 2.05) is 24.4 Å². The maximum atomic E-state index is 4.33. The van der Waals surface area contributed by atoms with E-state index in [9.17, 15) is 0 Å². The van der Waals surface area contributed by atoms with Crippen molar-refractivity contribution < 1.29 is 0 Å². The minimum Gasteiger partial charge on any atom is -0.356 e. The summed E-state index contributed by atoms with van der Waals surface area (Å²) in [4.78, 5) is 8.60. The van der Waals surface area contributed by atoms with E-state index in [0.717, 1.165) is 44.1 Å². The summed E-state index contributed by atoms with van der Waals surface area (Å²) in [6.45, 7) is 2.83. The lowest BCUT2D eigenvalue weighted by Gasteiger charge is -2.15. The molecule has 0 saturated carbocycles. The summed E-state index contributed by atoms with van der Waals surface area (Å²) in [7, 11) is 0. The normalized spacial score (nSPS) is 14.4. The molecule has 0 amide bonds. The van der Waals surface area contributed by atoms with Crippen LogP contribution < -0.4 is 10.6 Å². The first-order valence-electron chi connectivity index (χ1n) is 5.37. The van der Waals surface area contributed by atoms with Crippen molar-refractivity contribution in [2.45, 2.75) is 12.8 Å². The Balaban J connectivity index is 0.00000128. The number of nitrogens with zero attached hydrogens (tertiary/aromatic N) is 2. The van der Waals surface area contributed by atoms with Gasteiger partial charge in [-0.2, -0.15) is 0 Å². The molecular formula is C11H17IN4. The Morgan fingerprint density at radius 3 is 3.00 bits per heavy atom. The van der Waals surface area contributed by atoms with Crippen molar-refractivity contribution >= 4 is 29.9 Å². The van der Waals surface area contributed by atoms with Crippen LogP contribution in [-0.2, 0) is 6.42 Å². The molecule has 2 N–H and O–H groups in total. The molecule has 0 radical (unpaired) electrons. The SMILES string of the molecule is I.c1ccc(CCNC2=NCCCN2)nc1. The van der Waals surface area contributed by atoms with E-state index in [1.54, 1.807) is 0 Å². The van der Waals surface area contributed by atoms with E-state index in [0.29, 0.717) is 0 Å². The van der Waals surface area contributed by atoms with Gasteiger partial charge in [0.25, 0.3) is 0 Å². The summed E-state index contributed by atoms with van der Waals surface area (Å²) in [6.07, 6.45) is 3.89. The fraction of sp³-hybridized carbons (Fsp3) is 0.455. The summed E-state index contributed by atoms with van der Waals surface area (Å²) < 4.78 is 0. The number of aromatic nitrogens is 1. The van der Waals surface area contributed by atoms with Crippen LogP contribution in [0.15, 0.2) is 29.4 Å². The fourth-order valence-electron chi connectivity index (χ4n) is 1.51. The topological polar surface area (TPSA) is 49.3 Å². The first kappa shape index (κ1) is 13.2. The Kier molecular flexibility index (Phi) is 6.14. The summed E-state index contributed by atoms with van der Waals surface area (Å²) >= 11 is 0. The second kappa shape index (κ2) is 7.43. The molecule has 1 aromatic heterocycles. The second-order valence-corrected chi connectivity index (χ2v) is 3.51. The molecule has 1 aliphatic heterocycles. The first-order valence-corrected chi connectivity index (χ1v) is 5.37. The first-order chi connectivity index (χ1) is 7.45. The fourth-order valence-corrected chi connectivity index (χ4v) is 1.51. The van der Waals surface area contributed by atoms with Gasteiger partial charge in [-0.05, 0) is 18.6 Å². The average Bonchev–Trinajstić information content (AvgIpc) is 2.32. The standard InChI is InChI=1S/C11H16N4.HI/c1-2-6-12-10(4-1)5-9-15-11-13-7-3-8-14-11;/h1-2,4,6H,3,5,7-9H2,(H2,13,14,15);1H. The van der Waals surface area contributed by atoms with E-state index >= 15 is 0 Å². The van der Waals surface area contributed by atoms with Gasteiger partial charge in [0.15, 0.2) is 5.96 Å². The molecule has 0 saturated heterocycles. The highest BCUT2D eigenvalue weighted by Crippen LogP contribution is 1.93. The van der Waals surface area contributed by atoms with Crippen LogP contribution >= 0.6 is 24.0 Å². The molecule has 0 aliphatic carbocycles. The minimum atomic E-state index is 0. The number of rotatable bonds is 3. The average molecular weight is 332 g/mol. The monoisotopic (exact) mass is 332 g/mol. The molecule has 0 fully saturated rings. The van der Waals surface area contributed by atoms with E-state index < -0.39 is 0 Å². The van der Waals surface area contributed by atoms with Gasteiger partial charge in [0.05, 0.1) is 0 Å². The Morgan fingerprint density at radius 2 is 2.31 bits per heavy atom. The predicted molar refractivity (Wildman–Crippen MR) is 76.3 cm³/mol. The van der Waals surface area contributed by atoms with Crippen LogP contribution in [0.3, 0.4) is 0 Å². The molecule has 2 rings (SSSR count). The van der Waals surface area contributed by atoms with Gasteiger partial charge in [0.1, 0.15) is 0 Å². The van der Waals surface area contributed by atoms with Crippen LogP contribution in [0.1, 0.15) is 12.1 Å². The van der Waals surface area contributed by atoms with Crippen LogP contribution in [0.4, 0.5) is 0 Å². The highest BCUT2D eigenvalue weighted by atomic mass is 127. The Morgan fingerprint density at radius 1 is 1.38 bits per heavy atom. The molecule has 16 heavy (non-hydrogen) atoms. The summed E-state index contributed by atoms with van der Waals surface area (Å²) in [5, 5.41) is 6.49. The van der Waals surface area contributed by atoms with Crippen molar-refractivity contribution in [2.24, 2.45) is 4.99 Å². The van der Waals surface area contributed by atoms with E-state index in [1.165, 1.54) is 0 Å². The van der Waals surface area contributed by atoms with Gasteiger partial charge in [-0.3, -0.25) is 9.98 Å². The minimum absolute atomic E-state index is 0. The Labute approximate surface area is 113 Å². The number of aliphatic imine (C=N–C) groups is 1. The molecule has 2 heterocycles.